The van der Waals surface area contributed by atoms with Gasteiger partial charge in [-0.05, 0) is 26.0 Å². The summed E-state index contributed by atoms with van der Waals surface area (Å²) in [6.45, 7) is 4.05. The first-order valence-electron chi connectivity index (χ1n) is 5.26. The van der Waals surface area contributed by atoms with Crippen LogP contribution in [0.25, 0.3) is 0 Å². The molecule has 0 spiro atoms. The van der Waals surface area contributed by atoms with E-state index in [2.05, 4.69) is 5.32 Å². The van der Waals surface area contributed by atoms with Crippen molar-refractivity contribution in [2.45, 2.75) is 20.0 Å². The molecule has 16 heavy (non-hydrogen) atoms. The van der Waals surface area contributed by atoms with Crippen molar-refractivity contribution in [3.05, 3.63) is 47.5 Å². The molecule has 3 heteroatoms. The fourth-order valence-corrected chi connectivity index (χ4v) is 1.33. The number of rotatable bonds is 4. The van der Waals surface area contributed by atoms with Gasteiger partial charge in [0, 0.05) is 12.1 Å². The Hall–Kier alpha value is -1.61. The zero-order valence-corrected chi connectivity index (χ0v) is 9.60. The van der Waals surface area contributed by atoms with E-state index in [-0.39, 0.29) is 12.5 Å². The van der Waals surface area contributed by atoms with Gasteiger partial charge >= 0.3 is 0 Å². The summed E-state index contributed by atoms with van der Waals surface area (Å²) in [4.78, 5) is 11.6. The molecule has 0 aliphatic heterocycles. The van der Waals surface area contributed by atoms with E-state index in [9.17, 15) is 9.90 Å². The molecule has 1 amide bonds. The van der Waals surface area contributed by atoms with Gasteiger partial charge in [0.25, 0.3) is 5.91 Å². The summed E-state index contributed by atoms with van der Waals surface area (Å²) < 4.78 is 0. The minimum atomic E-state index is -0.627. The van der Waals surface area contributed by atoms with Crippen LogP contribution in [0.5, 0.6) is 0 Å². The molecule has 0 aromatic heterocycles. The summed E-state index contributed by atoms with van der Waals surface area (Å²) in [7, 11) is 0. The number of carbonyl (C=O) groups is 1. The minimum Gasteiger partial charge on any atom is -0.387 e. The van der Waals surface area contributed by atoms with Gasteiger partial charge in [-0.1, -0.05) is 29.8 Å². The molecule has 86 valence electrons. The lowest BCUT2D eigenvalue weighted by molar-refractivity contribution is 0.0932. The summed E-state index contributed by atoms with van der Waals surface area (Å²) in [6, 6.07) is 8.95. The Balaban J connectivity index is 2.45. The molecule has 1 unspecified atom stereocenters. The molecule has 0 radical (unpaired) electrons. The predicted molar refractivity (Wildman–Crippen MR) is 64.2 cm³/mol. The van der Waals surface area contributed by atoms with Gasteiger partial charge in [-0.25, -0.2) is 0 Å². The Bertz CT molecular complexity index is 367. The second-order valence-corrected chi connectivity index (χ2v) is 3.89. The van der Waals surface area contributed by atoms with Crippen LogP contribution in [0.1, 0.15) is 24.2 Å². The molecule has 1 aromatic carbocycles. The smallest absolute Gasteiger partial charge is 0.251 e. The van der Waals surface area contributed by atoms with Gasteiger partial charge in [0.1, 0.15) is 0 Å². The molecule has 3 nitrogen and oxygen atoms in total. The van der Waals surface area contributed by atoms with Crippen LogP contribution in [0.15, 0.2) is 42.0 Å². The zero-order valence-electron chi connectivity index (χ0n) is 9.60. The van der Waals surface area contributed by atoms with Crippen molar-refractivity contribution in [3.63, 3.8) is 0 Å². The number of carbonyl (C=O) groups excluding carboxylic acids is 1. The lowest BCUT2D eigenvalue weighted by Crippen LogP contribution is -2.31. The highest BCUT2D eigenvalue weighted by molar-refractivity contribution is 5.94. The molecule has 0 aliphatic carbocycles. The third-order valence-electron chi connectivity index (χ3n) is 2.03. The first-order chi connectivity index (χ1) is 7.59. The monoisotopic (exact) mass is 219 g/mol. The average molecular weight is 219 g/mol. The molecule has 0 aliphatic rings. The number of hydrogen-bond donors (Lipinski definition) is 2. The van der Waals surface area contributed by atoms with Crippen LogP contribution >= 0.6 is 0 Å². The summed E-state index contributed by atoms with van der Waals surface area (Å²) in [5.41, 5.74) is 1.63. The fraction of sp³-hybridized carbons (Fsp3) is 0.308. The predicted octanol–water partition coefficient (Wildman–Crippen LogP) is 1.74. The van der Waals surface area contributed by atoms with E-state index in [0.29, 0.717) is 5.56 Å². The van der Waals surface area contributed by atoms with Gasteiger partial charge in [-0.2, -0.15) is 0 Å². The lowest BCUT2D eigenvalue weighted by atomic mass is 10.2. The van der Waals surface area contributed by atoms with Crippen molar-refractivity contribution < 1.29 is 9.90 Å². The van der Waals surface area contributed by atoms with Crippen molar-refractivity contribution in [2.75, 3.05) is 6.54 Å². The van der Waals surface area contributed by atoms with E-state index in [1.165, 1.54) is 0 Å². The number of nitrogens with one attached hydrogen (secondary N) is 1. The van der Waals surface area contributed by atoms with Crippen LogP contribution in [0.2, 0.25) is 0 Å². The molecular weight excluding hydrogens is 202 g/mol. The summed E-state index contributed by atoms with van der Waals surface area (Å²) >= 11 is 0. The average Bonchev–Trinajstić information content (AvgIpc) is 2.26. The molecule has 0 saturated carbocycles. The molecule has 0 bridgehead atoms. The van der Waals surface area contributed by atoms with Gasteiger partial charge in [0.05, 0.1) is 6.10 Å². The molecule has 1 atom stereocenters. The molecule has 1 rings (SSSR count). The topological polar surface area (TPSA) is 49.3 Å². The van der Waals surface area contributed by atoms with Crippen molar-refractivity contribution in [1.82, 2.24) is 5.32 Å². The Morgan fingerprint density at radius 3 is 2.56 bits per heavy atom. The number of aliphatic hydroxyl groups is 1. The van der Waals surface area contributed by atoms with E-state index in [1.807, 2.05) is 19.9 Å². The minimum absolute atomic E-state index is 0.165. The Morgan fingerprint density at radius 2 is 2.00 bits per heavy atom. The number of benzene rings is 1. The number of amides is 1. The van der Waals surface area contributed by atoms with E-state index < -0.39 is 6.10 Å². The Kier molecular flexibility index (Phi) is 4.73. The van der Waals surface area contributed by atoms with Gasteiger partial charge in [-0.3, -0.25) is 4.79 Å². The van der Waals surface area contributed by atoms with Crippen molar-refractivity contribution in [3.8, 4) is 0 Å². The summed E-state index contributed by atoms with van der Waals surface area (Å²) in [6.07, 6.45) is 1.09. The van der Waals surface area contributed by atoms with Gasteiger partial charge < -0.3 is 10.4 Å². The Labute approximate surface area is 95.8 Å². The molecule has 2 N–H and O–H groups in total. The number of aliphatic hydroxyl groups excluding tert-OH is 1. The highest BCUT2D eigenvalue weighted by Crippen LogP contribution is 1.98. The quantitative estimate of drug-likeness (QED) is 0.758. The summed E-state index contributed by atoms with van der Waals surface area (Å²) in [5, 5.41) is 12.2. The molecule has 1 aromatic rings. The largest absolute Gasteiger partial charge is 0.387 e. The third-order valence-corrected chi connectivity index (χ3v) is 2.03. The van der Waals surface area contributed by atoms with Crippen LogP contribution in [0, 0.1) is 0 Å². The van der Waals surface area contributed by atoms with Crippen molar-refractivity contribution in [2.24, 2.45) is 0 Å². The molecule has 0 fully saturated rings. The second kappa shape index (κ2) is 6.08. The fourth-order valence-electron chi connectivity index (χ4n) is 1.33. The van der Waals surface area contributed by atoms with E-state index in [1.54, 1.807) is 30.3 Å². The van der Waals surface area contributed by atoms with Gasteiger partial charge in [0.15, 0.2) is 0 Å². The van der Waals surface area contributed by atoms with E-state index in [4.69, 9.17) is 0 Å². The first kappa shape index (κ1) is 12.5. The SMILES string of the molecule is CC(C)=CC(O)CNC(=O)c1ccccc1. The highest BCUT2D eigenvalue weighted by atomic mass is 16.3. The zero-order chi connectivity index (χ0) is 12.0. The first-order valence-corrected chi connectivity index (χ1v) is 5.26. The summed E-state index contributed by atoms with van der Waals surface area (Å²) in [5.74, 6) is -0.165. The normalized spacial score (nSPS) is 11.7. The van der Waals surface area contributed by atoms with Gasteiger partial charge in [0.2, 0.25) is 0 Å². The highest BCUT2D eigenvalue weighted by Gasteiger charge is 2.06. The molecule has 0 saturated heterocycles. The van der Waals surface area contributed by atoms with Crippen LogP contribution in [-0.2, 0) is 0 Å². The molecular formula is C13H17NO2. The molecule has 0 heterocycles. The van der Waals surface area contributed by atoms with Crippen LogP contribution in [-0.4, -0.2) is 23.7 Å². The van der Waals surface area contributed by atoms with Gasteiger partial charge in [-0.15, -0.1) is 0 Å². The van der Waals surface area contributed by atoms with Crippen LogP contribution in [0.3, 0.4) is 0 Å². The maximum Gasteiger partial charge on any atom is 0.251 e. The van der Waals surface area contributed by atoms with E-state index in [0.717, 1.165) is 5.57 Å². The number of allylic oxidation sites excluding steroid dienone is 1. The second-order valence-electron chi connectivity index (χ2n) is 3.89. The Morgan fingerprint density at radius 1 is 1.38 bits per heavy atom. The van der Waals surface area contributed by atoms with E-state index >= 15 is 0 Å². The van der Waals surface area contributed by atoms with Crippen molar-refractivity contribution >= 4 is 5.91 Å². The standard InChI is InChI=1S/C13H17NO2/c1-10(2)8-12(15)9-14-13(16)11-6-4-3-5-7-11/h3-8,12,15H,9H2,1-2H3,(H,14,16). The van der Waals surface area contributed by atoms with Crippen LogP contribution in [0.4, 0.5) is 0 Å². The van der Waals surface area contributed by atoms with Crippen molar-refractivity contribution in [1.29, 1.82) is 0 Å². The lowest BCUT2D eigenvalue weighted by Gasteiger charge is -2.08. The maximum absolute atomic E-state index is 11.6. The number of hydrogen-bond acceptors (Lipinski definition) is 2. The maximum atomic E-state index is 11.6. The third kappa shape index (κ3) is 4.28. The van der Waals surface area contributed by atoms with Crippen LogP contribution < -0.4 is 5.32 Å².